The van der Waals surface area contributed by atoms with Gasteiger partial charge in [0.2, 0.25) is 0 Å². The number of aromatic nitrogens is 5. The number of carbonyl (C=O) groups is 2. The van der Waals surface area contributed by atoms with Gasteiger partial charge in [-0.3, -0.25) is 0 Å². The first-order chi connectivity index (χ1) is 19.6. The minimum atomic E-state index is -0.981. The Balaban J connectivity index is 1.74. The van der Waals surface area contributed by atoms with E-state index in [2.05, 4.69) is 25.4 Å². The Labute approximate surface area is 256 Å². The Hall–Kier alpha value is -4.18. The molecule has 4 rings (SSSR count). The second-order valence-electron chi connectivity index (χ2n) is 10.9. The Morgan fingerprint density at radius 2 is 1.52 bits per heavy atom. The molecule has 4 aromatic rings. The van der Waals surface area contributed by atoms with Gasteiger partial charge in [-0.1, -0.05) is 34.8 Å². The zero-order valence-electron chi connectivity index (χ0n) is 23.4. The van der Waals surface area contributed by atoms with Gasteiger partial charge >= 0.3 is 12.2 Å². The van der Waals surface area contributed by atoms with E-state index in [9.17, 15) is 14.9 Å². The number of carbonyl (C=O) groups excluding carboxylic acids is 2. The summed E-state index contributed by atoms with van der Waals surface area (Å²) in [7, 11) is 0. The number of anilines is 3. The summed E-state index contributed by atoms with van der Waals surface area (Å²) in [4.78, 5) is 39.4. The molecule has 218 valence electrons. The molecule has 12 nitrogen and oxygen atoms in total. The zero-order chi connectivity index (χ0) is 31.0. The Bertz CT molecular complexity index is 1690. The summed E-state index contributed by atoms with van der Waals surface area (Å²) >= 11 is 19.2. The van der Waals surface area contributed by atoms with Gasteiger partial charge in [-0.05, 0) is 53.7 Å². The summed E-state index contributed by atoms with van der Waals surface area (Å²) in [5.74, 6) is 0.357. The van der Waals surface area contributed by atoms with Gasteiger partial charge in [0, 0.05) is 12.3 Å². The number of nitriles is 1. The van der Waals surface area contributed by atoms with E-state index in [1.165, 1.54) is 29.1 Å². The van der Waals surface area contributed by atoms with Crippen molar-refractivity contribution in [3.05, 3.63) is 57.6 Å². The lowest BCUT2D eigenvalue weighted by Gasteiger charge is -2.28. The topological polar surface area (TPSA) is 148 Å². The van der Waals surface area contributed by atoms with Crippen LogP contribution in [0.5, 0.6) is 0 Å². The predicted molar refractivity (Wildman–Crippen MR) is 159 cm³/mol. The van der Waals surface area contributed by atoms with Crippen molar-refractivity contribution in [2.45, 2.75) is 52.7 Å². The van der Waals surface area contributed by atoms with Crippen LogP contribution in [0.3, 0.4) is 0 Å². The molecule has 3 aromatic heterocycles. The van der Waals surface area contributed by atoms with E-state index in [1.54, 1.807) is 47.7 Å². The monoisotopic (exact) mass is 630 g/mol. The molecule has 42 heavy (non-hydrogen) atoms. The summed E-state index contributed by atoms with van der Waals surface area (Å²) in [6.45, 7) is 10.0. The van der Waals surface area contributed by atoms with Crippen molar-refractivity contribution in [2.75, 3.05) is 10.2 Å². The van der Waals surface area contributed by atoms with Crippen LogP contribution in [-0.4, -0.2) is 48.1 Å². The van der Waals surface area contributed by atoms with Gasteiger partial charge in [0.15, 0.2) is 5.82 Å². The number of imide groups is 1. The maximum Gasteiger partial charge on any atom is 0.425 e. The molecule has 0 saturated carbocycles. The molecular weight excluding hydrogens is 607 g/mol. The van der Waals surface area contributed by atoms with E-state index in [4.69, 9.17) is 44.3 Å². The van der Waals surface area contributed by atoms with E-state index in [-0.39, 0.29) is 32.5 Å². The standard InChI is InChI=1S/C27H25Cl3N8O4/c1-26(2,3)41-24(39)38(25(40)42-27(4,5)6)20-9-19(33-13-34-20)35-23-15-12-37(36-21(15)18(30)11-32-23)22-16(28)7-14(10-31)8-17(22)29/h7-9,11-13H,1-6H3,(H,32,33,34,35). The highest BCUT2D eigenvalue weighted by atomic mass is 35.5. The third-order valence-electron chi connectivity index (χ3n) is 5.16. The molecule has 0 spiro atoms. The Morgan fingerprint density at radius 3 is 2.07 bits per heavy atom. The summed E-state index contributed by atoms with van der Waals surface area (Å²) in [6.07, 6.45) is 2.19. The molecule has 0 bridgehead atoms. The van der Waals surface area contributed by atoms with E-state index in [1.807, 2.05) is 6.07 Å². The van der Waals surface area contributed by atoms with Crippen molar-refractivity contribution in [1.29, 1.82) is 5.26 Å². The molecule has 0 aliphatic carbocycles. The van der Waals surface area contributed by atoms with Crippen LogP contribution in [0.4, 0.5) is 27.0 Å². The highest BCUT2D eigenvalue weighted by molar-refractivity contribution is 6.38. The number of nitrogens with zero attached hydrogens (tertiary/aromatic N) is 7. The van der Waals surface area contributed by atoms with Gasteiger partial charge in [-0.25, -0.2) is 29.2 Å². The Kier molecular flexibility index (Phi) is 8.50. The largest absolute Gasteiger partial charge is 0.443 e. The van der Waals surface area contributed by atoms with E-state index in [0.29, 0.717) is 27.1 Å². The van der Waals surface area contributed by atoms with Gasteiger partial charge in [-0.15, -0.1) is 0 Å². The number of hydrogen-bond donors (Lipinski definition) is 1. The number of ether oxygens (including phenoxy) is 2. The molecule has 3 heterocycles. The summed E-state index contributed by atoms with van der Waals surface area (Å²) in [6, 6.07) is 6.29. The van der Waals surface area contributed by atoms with Crippen LogP contribution in [0.15, 0.2) is 36.9 Å². The lowest BCUT2D eigenvalue weighted by atomic mass is 10.2. The smallest absolute Gasteiger partial charge is 0.425 e. The van der Waals surface area contributed by atoms with Gasteiger partial charge in [0.1, 0.15) is 40.4 Å². The molecule has 0 atom stereocenters. The van der Waals surface area contributed by atoms with Gasteiger partial charge in [0.05, 0.1) is 38.3 Å². The van der Waals surface area contributed by atoms with Gasteiger partial charge < -0.3 is 14.8 Å². The van der Waals surface area contributed by atoms with Crippen molar-refractivity contribution in [1.82, 2.24) is 24.7 Å². The van der Waals surface area contributed by atoms with E-state index >= 15 is 0 Å². The molecule has 1 N–H and O–H groups in total. The van der Waals surface area contributed by atoms with Crippen molar-refractivity contribution in [3.8, 4) is 11.8 Å². The average molecular weight is 632 g/mol. The molecule has 0 unspecified atom stereocenters. The molecule has 2 amide bonds. The van der Waals surface area contributed by atoms with Crippen molar-refractivity contribution in [3.63, 3.8) is 0 Å². The van der Waals surface area contributed by atoms with Crippen molar-refractivity contribution in [2.24, 2.45) is 0 Å². The number of fused-ring (bicyclic) bond motifs is 1. The highest BCUT2D eigenvalue weighted by Crippen LogP contribution is 2.34. The molecule has 15 heteroatoms. The first kappa shape index (κ1) is 30.8. The minimum Gasteiger partial charge on any atom is -0.443 e. The number of hydrogen-bond acceptors (Lipinski definition) is 10. The van der Waals surface area contributed by atoms with E-state index in [0.717, 1.165) is 6.33 Å². The molecule has 0 radical (unpaired) electrons. The number of rotatable bonds is 4. The van der Waals surface area contributed by atoms with Crippen LogP contribution < -0.4 is 10.2 Å². The summed E-state index contributed by atoms with van der Waals surface area (Å²) < 4.78 is 12.3. The normalized spacial score (nSPS) is 11.6. The second-order valence-corrected chi connectivity index (χ2v) is 12.1. The number of amides is 2. The molecule has 1 aromatic carbocycles. The molecule has 0 saturated heterocycles. The maximum atomic E-state index is 13.0. The fraction of sp³-hybridized carbons (Fsp3) is 0.296. The number of nitrogens with one attached hydrogen (secondary N) is 1. The third-order valence-corrected chi connectivity index (χ3v) is 6.01. The summed E-state index contributed by atoms with van der Waals surface area (Å²) in [5.41, 5.74) is -0.802. The predicted octanol–water partition coefficient (Wildman–Crippen LogP) is 7.46. The van der Waals surface area contributed by atoms with Crippen LogP contribution in [-0.2, 0) is 9.47 Å². The van der Waals surface area contributed by atoms with Crippen LogP contribution in [0, 0.1) is 11.3 Å². The molecule has 0 aliphatic heterocycles. The fourth-order valence-electron chi connectivity index (χ4n) is 3.57. The molecule has 0 fully saturated rings. The van der Waals surface area contributed by atoms with Crippen molar-refractivity contribution < 1.29 is 19.1 Å². The first-order valence-corrected chi connectivity index (χ1v) is 13.5. The lowest BCUT2D eigenvalue weighted by Crippen LogP contribution is -2.44. The van der Waals surface area contributed by atoms with E-state index < -0.39 is 23.4 Å². The lowest BCUT2D eigenvalue weighted by molar-refractivity contribution is 0.0429. The van der Waals surface area contributed by atoms with Crippen molar-refractivity contribution >= 4 is 75.3 Å². The molecule has 0 aliphatic rings. The summed E-state index contributed by atoms with van der Waals surface area (Å²) in [5, 5.41) is 17.9. The van der Waals surface area contributed by atoms with Crippen LogP contribution in [0.25, 0.3) is 16.6 Å². The first-order valence-electron chi connectivity index (χ1n) is 12.3. The van der Waals surface area contributed by atoms with Gasteiger partial charge in [0.25, 0.3) is 0 Å². The SMILES string of the molecule is CC(C)(C)OC(=O)N(C(=O)OC(C)(C)C)c1cc(Nc2ncc(Cl)c3nn(-c4c(Cl)cc(C#N)cc4Cl)cc23)ncn1. The quantitative estimate of drug-likeness (QED) is 0.240. The Morgan fingerprint density at radius 1 is 0.929 bits per heavy atom. The van der Waals surface area contributed by atoms with Crippen LogP contribution in [0.2, 0.25) is 15.1 Å². The number of benzene rings is 1. The molecular formula is C27H25Cl3N8O4. The fourth-order valence-corrected chi connectivity index (χ4v) is 4.42. The number of halogens is 3. The van der Waals surface area contributed by atoms with Crippen LogP contribution >= 0.6 is 34.8 Å². The van der Waals surface area contributed by atoms with Crippen LogP contribution in [0.1, 0.15) is 47.1 Å². The maximum absolute atomic E-state index is 13.0. The highest BCUT2D eigenvalue weighted by Gasteiger charge is 2.34. The average Bonchev–Trinajstić information content (AvgIpc) is 3.29. The van der Waals surface area contributed by atoms with Gasteiger partial charge in [-0.2, -0.15) is 15.3 Å². The third kappa shape index (κ3) is 6.99. The zero-order valence-corrected chi connectivity index (χ0v) is 25.6. The second kappa shape index (κ2) is 11.6. The number of pyridine rings is 1. The minimum absolute atomic E-state index is 0.104.